The van der Waals surface area contributed by atoms with E-state index in [-0.39, 0.29) is 11.2 Å². The van der Waals surface area contributed by atoms with Gasteiger partial charge in [-0.15, -0.1) is 0 Å². The lowest BCUT2D eigenvalue weighted by molar-refractivity contribution is -0.553. The third-order valence-electron chi connectivity index (χ3n) is 6.77. The fraction of sp³-hybridized carbons (Fsp3) is 1.00. The standard InChI is InChI=1S/C23H46O4/c1-8-16-21(10-3,11-4)24-26-23(18-14-20(7)15-19-23)27-25-22(12-5,13-6)17-9-2/h20H,8-19H2,1-7H3. The van der Waals surface area contributed by atoms with Crippen molar-refractivity contribution in [2.75, 3.05) is 0 Å². The van der Waals surface area contributed by atoms with E-state index in [1.165, 1.54) is 0 Å². The van der Waals surface area contributed by atoms with E-state index in [4.69, 9.17) is 19.6 Å². The Bertz CT molecular complexity index is 352. The zero-order valence-electron chi connectivity index (χ0n) is 19.2. The van der Waals surface area contributed by atoms with E-state index < -0.39 is 5.79 Å². The Balaban J connectivity index is 2.88. The van der Waals surface area contributed by atoms with Gasteiger partial charge in [-0.2, -0.15) is 9.78 Å². The van der Waals surface area contributed by atoms with Gasteiger partial charge in [0.2, 0.25) is 5.79 Å². The quantitative estimate of drug-likeness (QED) is 0.176. The maximum Gasteiger partial charge on any atom is 0.234 e. The maximum atomic E-state index is 6.13. The van der Waals surface area contributed by atoms with Crippen LogP contribution in [0.2, 0.25) is 0 Å². The Labute approximate surface area is 168 Å². The molecule has 1 aliphatic carbocycles. The van der Waals surface area contributed by atoms with Crippen molar-refractivity contribution in [3.63, 3.8) is 0 Å². The molecule has 162 valence electrons. The first-order valence-electron chi connectivity index (χ1n) is 11.6. The zero-order chi connectivity index (χ0) is 20.4. The van der Waals surface area contributed by atoms with Crippen LogP contribution in [-0.2, 0) is 19.6 Å². The van der Waals surface area contributed by atoms with E-state index in [1.54, 1.807) is 0 Å². The summed E-state index contributed by atoms with van der Waals surface area (Å²) < 4.78 is 0. The van der Waals surface area contributed by atoms with Crippen molar-refractivity contribution in [3.05, 3.63) is 0 Å². The molecule has 0 saturated heterocycles. The van der Waals surface area contributed by atoms with Crippen LogP contribution in [0.15, 0.2) is 0 Å². The predicted octanol–water partition coefficient (Wildman–Crippen LogP) is 7.51. The molecule has 0 aromatic heterocycles. The molecule has 0 heterocycles. The minimum absolute atomic E-state index is 0.232. The van der Waals surface area contributed by atoms with E-state index in [1.807, 2.05) is 0 Å². The lowest BCUT2D eigenvalue weighted by atomic mass is 9.86. The molecule has 1 rings (SSSR count). The summed E-state index contributed by atoms with van der Waals surface area (Å²) in [5.41, 5.74) is -0.464. The molecule has 0 aliphatic heterocycles. The van der Waals surface area contributed by atoms with E-state index in [2.05, 4.69) is 48.5 Å². The molecule has 1 saturated carbocycles. The largest absolute Gasteiger partial charge is 0.234 e. The van der Waals surface area contributed by atoms with Gasteiger partial charge in [-0.25, -0.2) is 9.78 Å². The molecule has 0 amide bonds. The van der Waals surface area contributed by atoms with Crippen LogP contribution in [0.4, 0.5) is 0 Å². The minimum atomic E-state index is -0.779. The Hall–Kier alpha value is -0.160. The topological polar surface area (TPSA) is 36.9 Å². The van der Waals surface area contributed by atoms with Crippen molar-refractivity contribution in [3.8, 4) is 0 Å². The summed E-state index contributed by atoms with van der Waals surface area (Å²) in [6.45, 7) is 15.4. The summed E-state index contributed by atoms with van der Waals surface area (Å²) in [5.74, 6) is -0.0834. The highest BCUT2D eigenvalue weighted by molar-refractivity contribution is 4.80. The van der Waals surface area contributed by atoms with E-state index >= 15 is 0 Å². The Morgan fingerprint density at radius 2 is 1.07 bits per heavy atom. The summed E-state index contributed by atoms with van der Waals surface area (Å²) in [6, 6.07) is 0. The molecule has 1 fully saturated rings. The van der Waals surface area contributed by atoms with Crippen molar-refractivity contribution in [2.24, 2.45) is 5.92 Å². The number of hydrogen-bond acceptors (Lipinski definition) is 4. The van der Waals surface area contributed by atoms with Gasteiger partial charge in [0, 0.05) is 12.8 Å². The average Bonchev–Trinajstić information content (AvgIpc) is 2.70. The van der Waals surface area contributed by atoms with E-state index in [0.717, 1.165) is 77.0 Å². The van der Waals surface area contributed by atoms with Crippen LogP contribution < -0.4 is 0 Å². The number of hydrogen-bond donors (Lipinski definition) is 0. The zero-order valence-corrected chi connectivity index (χ0v) is 19.2. The maximum absolute atomic E-state index is 6.13. The van der Waals surface area contributed by atoms with Crippen molar-refractivity contribution in [1.82, 2.24) is 0 Å². The molecule has 0 radical (unpaired) electrons. The molecule has 0 atom stereocenters. The Kier molecular flexibility index (Phi) is 10.8. The fourth-order valence-electron chi connectivity index (χ4n) is 4.15. The summed E-state index contributed by atoms with van der Waals surface area (Å²) in [6.07, 6.45) is 11.7. The predicted molar refractivity (Wildman–Crippen MR) is 111 cm³/mol. The fourth-order valence-corrected chi connectivity index (χ4v) is 4.15. The summed E-state index contributed by atoms with van der Waals surface area (Å²) in [4.78, 5) is 24.5. The summed E-state index contributed by atoms with van der Waals surface area (Å²) in [5, 5.41) is 0. The first-order valence-corrected chi connectivity index (χ1v) is 11.6. The molecule has 4 nitrogen and oxygen atoms in total. The van der Waals surface area contributed by atoms with Crippen molar-refractivity contribution < 1.29 is 19.6 Å². The van der Waals surface area contributed by atoms with Crippen LogP contribution in [0.1, 0.15) is 126 Å². The monoisotopic (exact) mass is 386 g/mol. The normalized spacial score (nSPS) is 18.8. The van der Waals surface area contributed by atoms with Crippen LogP contribution in [0.5, 0.6) is 0 Å². The van der Waals surface area contributed by atoms with Crippen LogP contribution in [0, 0.1) is 5.92 Å². The highest BCUT2D eigenvalue weighted by Crippen LogP contribution is 2.40. The van der Waals surface area contributed by atoms with Gasteiger partial charge in [0.1, 0.15) is 11.2 Å². The highest BCUT2D eigenvalue weighted by Gasteiger charge is 2.44. The molecule has 0 N–H and O–H groups in total. The van der Waals surface area contributed by atoms with Gasteiger partial charge in [-0.05, 0) is 57.3 Å². The molecule has 0 spiro atoms. The molecule has 4 heteroatoms. The third-order valence-corrected chi connectivity index (χ3v) is 6.77. The van der Waals surface area contributed by atoms with Gasteiger partial charge in [-0.3, -0.25) is 0 Å². The van der Waals surface area contributed by atoms with Gasteiger partial charge in [0.15, 0.2) is 0 Å². The van der Waals surface area contributed by atoms with Crippen molar-refractivity contribution in [1.29, 1.82) is 0 Å². The van der Waals surface area contributed by atoms with E-state index in [0.29, 0.717) is 5.92 Å². The molecule has 0 unspecified atom stereocenters. The van der Waals surface area contributed by atoms with Gasteiger partial charge in [0.25, 0.3) is 0 Å². The summed E-state index contributed by atoms with van der Waals surface area (Å²) in [7, 11) is 0. The first-order chi connectivity index (χ1) is 12.9. The minimum Gasteiger partial charge on any atom is -0.227 e. The lowest BCUT2D eigenvalue weighted by Gasteiger charge is -2.42. The van der Waals surface area contributed by atoms with Gasteiger partial charge in [0.05, 0.1) is 0 Å². The smallest absolute Gasteiger partial charge is 0.227 e. The van der Waals surface area contributed by atoms with Crippen LogP contribution in [0.25, 0.3) is 0 Å². The molecular formula is C23H46O4. The summed E-state index contributed by atoms with van der Waals surface area (Å²) >= 11 is 0. The second kappa shape index (κ2) is 11.7. The van der Waals surface area contributed by atoms with Crippen molar-refractivity contribution >= 4 is 0 Å². The van der Waals surface area contributed by atoms with Gasteiger partial charge < -0.3 is 0 Å². The molecular weight excluding hydrogens is 340 g/mol. The molecule has 0 aromatic rings. The average molecular weight is 387 g/mol. The van der Waals surface area contributed by atoms with Crippen LogP contribution in [0.3, 0.4) is 0 Å². The number of rotatable bonds is 14. The molecule has 0 bridgehead atoms. The van der Waals surface area contributed by atoms with Crippen molar-refractivity contribution in [2.45, 2.75) is 143 Å². The van der Waals surface area contributed by atoms with Gasteiger partial charge >= 0.3 is 0 Å². The van der Waals surface area contributed by atoms with Gasteiger partial charge in [-0.1, -0.05) is 61.3 Å². The SMILES string of the molecule is CCCC(CC)(CC)OOC1(OOC(CC)(CC)CCC)CCC(C)CC1. The lowest BCUT2D eigenvalue weighted by Crippen LogP contribution is -2.46. The second-order valence-electron chi connectivity index (χ2n) is 8.71. The Morgan fingerprint density at radius 3 is 1.37 bits per heavy atom. The molecule has 0 aromatic carbocycles. The van der Waals surface area contributed by atoms with Crippen LogP contribution >= 0.6 is 0 Å². The van der Waals surface area contributed by atoms with E-state index in [9.17, 15) is 0 Å². The molecule has 27 heavy (non-hydrogen) atoms. The highest BCUT2D eigenvalue weighted by atomic mass is 17.3. The van der Waals surface area contributed by atoms with Crippen LogP contribution in [-0.4, -0.2) is 17.0 Å². The Morgan fingerprint density at radius 1 is 0.704 bits per heavy atom. The second-order valence-corrected chi connectivity index (χ2v) is 8.71. The third kappa shape index (κ3) is 6.99. The molecule has 1 aliphatic rings. The first kappa shape index (κ1) is 24.9.